The first kappa shape index (κ1) is 12.6. The van der Waals surface area contributed by atoms with Crippen LogP contribution in [0.3, 0.4) is 0 Å². The van der Waals surface area contributed by atoms with Crippen LogP contribution in [0.5, 0.6) is 0 Å². The predicted octanol–water partition coefficient (Wildman–Crippen LogP) is 2.31. The number of halogens is 1. The van der Waals surface area contributed by atoms with Gasteiger partial charge in [-0.3, -0.25) is 4.79 Å². The monoisotopic (exact) mass is 306 g/mol. The highest BCUT2D eigenvalue weighted by molar-refractivity contribution is 9.11. The van der Waals surface area contributed by atoms with Crippen LogP contribution in [0.2, 0.25) is 0 Å². The summed E-state index contributed by atoms with van der Waals surface area (Å²) in [5, 5.41) is 4.54. The van der Waals surface area contributed by atoms with Gasteiger partial charge in [0.2, 0.25) is 0 Å². The number of hydrogen-bond acceptors (Lipinski definition) is 3. The zero-order chi connectivity index (χ0) is 11.6. The Hall–Kier alpha value is -0.460. The summed E-state index contributed by atoms with van der Waals surface area (Å²) in [7, 11) is 0. The van der Waals surface area contributed by atoms with E-state index >= 15 is 0 Å². The van der Waals surface area contributed by atoms with E-state index in [0.29, 0.717) is 5.56 Å². The van der Waals surface area contributed by atoms with Crippen molar-refractivity contribution in [2.45, 2.75) is 19.4 Å². The van der Waals surface area contributed by atoms with Crippen molar-refractivity contribution >= 4 is 50.4 Å². The molecule has 6 heteroatoms. The number of rotatable bonds is 3. The Morgan fingerprint density at radius 3 is 2.67 bits per heavy atom. The van der Waals surface area contributed by atoms with Gasteiger partial charge in [-0.05, 0) is 35.8 Å². The molecule has 0 aliphatic heterocycles. The summed E-state index contributed by atoms with van der Waals surface area (Å²) in [5.74, 6) is -0.172. The molecule has 0 radical (unpaired) electrons. The molecule has 0 atom stereocenters. The fourth-order valence-electron chi connectivity index (χ4n) is 0.847. The van der Waals surface area contributed by atoms with Crippen molar-refractivity contribution in [1.82, 2.24) is 5.32 Å². The van der Waals surface area contributed by atoms with Crippen LogP contribution in [0.25, 0.3) is 0 Å². The fraction of sp³-hybridized carbons (Fsp3) is 0.333. The van der Waals surface area contributed by atoms with Gasteiger partial charge in [-0.15, -0.1) is 11.3 Å². The molecule has 3 N–H and O–H groups in total. The van der Waals surface area contributed by atoms with Crippen molar-refractivity contribution in [3.05, 3.63) is 20.8 Å². The second kappa shape index (κ2) is 4.59. The van der Waals surface area contributed by atoms with Gasteiger partial charge in [-0.25, -0.2) is 0 Å². The molecule has 0 bridgehead atoms. The molecule has 0 aliphatic carbocycles. The van der Waals surface area contributed by atoms with Crippen molar-refractivity contribution < 1.29 is 4.79 Å². The van der Waals surface area contributed by atoms with E-state index in [2.05, 4.69) is 21.2 Å². The topological polar surface area (TPSA) is 55.1 Å². The second-order valence-electron chi connectivity index (χ2n) is 3.58. The molecule has 82 valence electrons. The number of thiophene rings is 1. The average molecular weight is 307 g/mol. The van der Waals surface area contributed by atoms with Crippen LogP contribution in [0, 0.1) is 0 Å². The largest absolute Gasteiger partial charge is 0.391 e. The molecule has 1 aromatic heterocycles. The Kier molecular flexibility index (Phi) is 3.86. The van der Waals surface area contributed by atoms with Crippen LogP contribution in [0.15, 0.2) is 15.2 Å². The Labute approximate surface area is 106 Å². The van der Waals surface area contributed by atoms with Gasteiger partial charge < -0.3 is 11.1 Å². The number of nitrogens with two attached hydrogens (primary N) is 1. The molecule has 0 aliphatic rings. The van der Waals surface area contributed by atoms with Crippen LogP contribution in [-0.4, -0.2) is 16.4 Å². The zero-order valence-corrected chi connectivity index (χ0v) is 11.6. The lowest BCUT2D eigenvalue weighted by atomic mass is 10.1. The third-order valence-electron chi connectivity index (χ3n) is 1.87. The Morgan fingerprint density at radius 1 is 1.67 bits per heavy atom. The summed E-state index contributed by atoms with van der Waals surface area (Å²) >= 11 is 9.62. The minimum Gasteiger partial charge on any atom is -0.391 e. The molecule has 1 aromatic rings. The normalized spacial score (nSPS) is 11.1. The van der Waals surface area contributed by atoms with Gasteiger partial charge in [0, 0.05) is 5.38 Å². The van der Waals surface area contributed by atoms with E-state index in [4.69, 9.17) is 18.0 Å². The number of hydrogen-bond donors (Lipinski definition) is 2. The number of carbonyl (C=O) groups excluding carboxylic acids is 1. The summed E-state index contributed by atoms with van der Waals surface area (Å²) in [6.07, 6.45) is 0. The highest BCUT2D eigenvalue weighted by Crippen LogP contribution is 2.21. The fourth-order valence-corrected chi connectivity index (χ4v) is 2.03. The molecular weight excluding hydrogens is 296 g/mol. The first-order chi connectivity index (χ1) is 6.83. The van der Waals surface area contributed by atoms with Crippen LogP contribution < -0.4 is 11.1 Å². The van der Waals surface area contributed by atoms with Gasteiger partial charge in [0.05, 0.1) is 19.9 Å². The van der Waals surface area contributed by atoms with Crippen molar-refractivity contribution in [2.24, 2.45) is 5.73 Å². The molecule has 1 heterocycles. The zero-order valence-electron chi connectivity index (χ0n) is 8.33. The lowest BCUT2D eigenvalue weighted by molar-refractivity contribution is 0.0932. The standard InChI is InChI=1S/C9H11BrN2OS2/c1-9(2,8(11)14)12-7(13)5-3-6(10)15-4-5/h3-4H,1-2H3,(H2,11,14)(H,12,13). The number of thiocarbonyl (C=S) groups is 1. The van der Waals surface area contributed by atoms with Crippen LogP contribution >= 0.6 is 39.5 Å². The summed E-state index contributed by atoms with van der Waals surface area (Å²) in [6.45, 7) is 3.54. The van der Waals surface area contributed by atoms with Crippen molar-refractivity contribution in [2.75, 3.05) is 0 Å². The van der Waals surface area contributed by atoms with E-state index in [1.54, 1.807) is 25.3 Å². The second-order valence-corrected chi connectivity index (χ2v) is 6.31. The first-order valence-corrected chi connectivity index (χ1v) is 6.27. The molecule has 3 nitrogen and oxygen atoms in total. The Balaban J connectivity index is 2.76. The third kappa shape index (κ3) is 3.25. The first-order valence-electron chi connectivity index (χ1n) is 4.19. The van der Waals surface area contributed by atoms with Gasteiger partial charge in [0.15, 0.2) is 0 Å². The van der Waals surface area contributed by atoms with Gasteiger partial charge in [0.1, 0.15) is 0 Å². The minimum atomic E-state index is -0.666. The molecule has 0 fully saturated rings. The Morgan fingerprint density at radius 2 is 2.27 bits per heavy atom. The van der Waals surface area contributed by atoms with Crippen molar-refractivity contribution in [3.63, 3.8) is 0 Å². The van der Waals surface area contributed by atoms with E-state index < -0.39 is 5.54 Å². The molecule has 0 aromatic carbocycles. The Bertz CT molecular complexity index is 401. The molecule has 1 rings (SSSR count). The van der Waals surface area contributed by atoms with E-state index in [1.807, 2.05) is 0 Å². The number of amides is 1. The van der Waals surface area contributed by atoms with Gasteiger partial charge in [-0.1, -0.05) is 12.2 Å². The molecular formula is C9H11BrN2OS2. The van der Waals surface area contributed by atoms with Crippen LogP contribution in [-0.2, 0) is 0 Å². The minimum absolute atomic E-state index is 0.172. The highest BCUT2D eigenvalue weighted by atomic mass is 79.9. The lowest BCUT2D eigenvalue weighted by Gasteiger charge is -2.24. The quantitative estimate of drug-likeness (QED) is 0.843. The molecule has 0 unspecified atom stereocenters. The number of carbonyl (C=O) groups is 1. The molecule has 15 heavy (non-hydrogen) atoms. The highest BCUT2D eigenvalue weighted by Gasteiger charge is 2.24. The maximum absolute atomic E-state index is 11.7. The van der Waals surface area contributed by atoms with E-state index in [0.717, 1.165) is 3.79 Å². The van der Waals surface area contributed by atoms with Crippen LogP contribution in [0.4, 0.5) is 0 Å². The maximum atomic E-state index is 11.7. The smallest absolute Gasteiger partial charge is 0.252 e. The number of nitrogens with one attached hydrogen (secondary N) is 1. The van der Waals surface area contributed by atoms with E-state index in [1.165, 1.54) is 11.3 Å². The summed E-state index contributed by atoms with van der Waals surface area (Å²) in [4.78, 5) is 12.0. The van der Waals surface area contributed by atoms with Gasteiger partial charge in [0.25, 0.3) is 5.91 Å². The maximum Gasteiger partial charge on any atom is 0.252 e. The van der Waals surface area contributed by atoms with Crippen molar-refractivity contribution in [3.8, 4) is 0 Å². The predicted molar refractivity (Wildman–Crippen MR) is 70.3 cm³/mol. The van der Waals surface area contributed by atoms with Crippen molar-refractivity contribution in [1.29, 1.82) is 0 Å². The molecule has 0 saturated heterocycles. The molecule has 1 amide bonds. The van der Waals surface area contributed by atoms with Gasteiger partial charge in [-0.2, -0.15) is 0 Å². The van der Waals surface area contributed by atoms with E-state index in [9.17, 15) is 4.79 Å². The summed E-state index contributed by atoms with van der Waals surface area (Å²) in [6, 6.07) is 1.76. The lowest BCUT2D eigenvalue weighted by Crippen LogP contribution is -2.52. The SMILES string of the molecule is CC(C)(NC(=O)c1csc(Br)c1)C(N)=S. The van der Waals surface area contributed by atoms with Crippen LogP contribution in [0.1, 0.15) is 24.2 Å². The average Bonchev–Trinajstić information content (AvgIpc) is 2.50. The molecule has 0 spiro atoms. The van der Waals surface area contributed by atoms with E-state index in [-0.39, 0.29) is 10.9 Å². The summed E-state index contributed by atoms with van der Waals surface area (Å²) in [5.41, 5.74) is 5.45. The third-order valence-corrected chi connectivity index (χ3v) is 3.89. The molecule has 0 saturated carbocycles. The summed E-state index contributed by atoms with van der Waals surface area (Å²) < 4.78 is 0.917. The van der Waals surface area contributed by atoms with Gasteiger partial charge >= 0.3 is 0 Å².